The van der Waals surface area contributed by atoms with Crippen LogP contribution in [0.5, 0.6) is 5.75 Å². The van der Waals surface area contributed by atoms with E-state index in [4.69, 9.17) is 15.0 Å². The Morgan fingerprint density at radius 1 is 1.53 bits per heavy atom. The molecule has 0 aromatic heterocycles. The lowest BCUT2D eigenvalue weighted by molar-refractivity contribution is 0.203. The molecule has 0 radical (unpaired) electrons. The molecule has 19 heavy (non-hydrogen) atoms. The maximum Gasteiger partial charge on any atom is 0.259 e. The predicted octanol–water partition coefficient (Wildman–Crippen LogP) is 2.26. The fraction of sp³-hybridized carbons (Fsp3) is 0.538. The fourth-order valence-corrected chi connectivity index (χ4v) is 2.90. The average molecular weight is 284 g/mol. The van der Waals surface area contributed by atoms with Crippen molar-refractivity contribution < 1.29 is 13.5 Å². The molecule has 6 heteroatoms. The Kier molecular flexibility index (Phi) is 4.79. The van der Waals surface area contributed by atoms with Gasteiger partial charge in [0, 0.05) is 12.1 Å². The number of anilines is 1. The van der Waals surface area contributed by atoms with E-state index < -0.39 is 11.3 Å². The molecule has 0 heterocycles. The summed E-state index contributed by atoms with van der Waals surface area (Å²) in [7, 11) is 0. The molecule has 3 atom stereocenters. The summed E-state index contributed by atoms with van der Waals surface area (Å²) in [4.78, 5) is 0. The van der Waals surface area contributed by atoms with Crippen molar-refractivity contribution in [2.24, 2.45) is 11.7 Å². The van der Waals surface area contributed by atoms with E-state index in [-0.39, 0.29) is 12.6 Å². The van der Waals surface area contributed by atoms with E-state index in [1.807, 2.05) is 6.07 Å². The van der Waals surface area contributed by atoms with Gasteiger partial charge in [0.25, 0.3) is 11.3 Å². The third-order valence-electron chi connectivity index (χ3n) is 3.47. The lowest BCUT2D eigenvalue weighted by atomic mass is 10.1. The minimum absolute atomic E-state index is 0.218. The topological polar surface area (TPSA) is 84.6 Å². The number of benzene rings is 1. The number of nitrogens with two attached hydrogens (primary N) is 1. The first kappa shape index (κ1) is 14.3. The zero-order valence-corrected chi connectivity index (χ0v) is 11.8. The molecule has 0 spiro atoms. The molecule has 4 N–H and O–H groups in total. The SMILES string of the molecule is CC1CCC(Oc2cccc(NS(=O)O)c2CN)C1. The normalized spacial score (nSPS) is 24.2. The second-order valence-electron chi connectivity index (χ2n) is 5.00. The van der Waals surface area contributed by atoms with Gasteiger partial charge in [0.15, 0.2) is 0 Å². The minimum Gasteiger partial charge on any atom is -0.490 e. The molecule has 2 rings (SSSR count). The van der Waals surface area contributed by atoms with Crippen LogP contribution in [0.2, 0.25) is 0 Å². The van der Waals surface area contributed by atoms with Crippen LogP contribution < -0.4 is 15.2 Å². The van der Waals surface area contributed by atoms with Crippen molar-refractivity contribution in [3.63, 3.8) is 0 Å². The first-order chi connectivity index (χ1) is 9.10. The highest BCUT2D eigenvalue weighted by Gasteiger charge is 2.23. The molecule has 0 bridgehead atoms. The van der Waals surface area contributed by atoms with E-state index in [0.29, 0.717) is 17.4 Å². The van der Waals surface area contributed by atoms with Crippen LogP contribution in [0.3, 0.4) is 0 Å². The molecule has 5 nitrogen and oxygen atoms in total. The molecule has 3 unspecified atom stereocenters. The van der Waals surface area contributed by atoms with Crippen LogP contribution >= 0.6 is 0 Å². The largest absolute Gasteiger partial charge is 0.490 e. The summed E-state index contributed by atoms with van der Waals surface area (Å²) in [6.45, 7) is 2.48. The van der Waals surface area contributed by atoms with Gasteiger partial charge in [-0.25, -0.2) is 4.21 Å². The second-order valence-corrected chi connectivity index (χ2v) is 5.70. The Labute approximate surface area is 115 Å². The summed E-state index contributed by atoms with van der Waals surface area (Å²) in [5.41, 5.74) is 7.02. The second kappa shape index (κ2) is 6.36. The van der Waals surface area contributed by atoms with Crippen LogP contribution in [-0.4, -0.2) is 14.9 Å². The quantitative estimate of drug-likeness (QED) is 0.724. The number of ether oxygens (including phenoxy) is 1. The zero-order valence-electron chi connectivity index (χ0n) is 11.0. The van der Waals surface area contributed by atoms with Crippen LogP contribution in [-0.2, 0) is 17.8 Å². The lowest BCUT2D eigenvalue weighted by Crippen LogP contribution is -2.15. The molecule has 1 aliphatic carbocycles. The van der Waals surface area contributed by atoms with Crippen LogP contribution in [0.25, 0.3) is 0 Å². The highest BCUT2D eigenvalue weighted by Crippen LogP contribution is 2.32. The van der Waals surface area contributed by atoms with E-state index in [0.717, 1.165) is 18.4 Å². The molecule has 1 aromatic carbocycles. The Balaban J connectivity index is 2.17. The van der Waals surface area contributed by atoms with E-state index in [1.54, 1.807) is 12.1 Å². The maximum absolute atomic E-state index is 10.9. The summed E-state index contributed by atoms with van der Waals surface area (Å²) < 4.78 is 28.2. The third kappa shape index (κ3) is 3.68. The summed E-state index contributed by atoms with van der Waals surface area (Å²) in [6, 6.07) is 5.37. The van der Waals surface area contributed by atoms with Gasteiger partial charge in [0.1, 0.15) is 5.75 Å². The molecule has 0 aliphatic heterocycles. The highest BCUT2D eigenvalue weighted by molar-refractivity contribution is 7.80. The van der Waals surface area contributed by atoms with E-state index in [2.05, 4.69) is 11.6 Å². The monoisotopic (exact) mass is 284 g/mol. The molecule has 1 fully saturated rings. The molecular formula is C13H20N2O3S. The van der Waals surface area contributed by atoms with E-state index in [1.165, 1.54) is 6.42 Å². The van der Waals surface area contributed by atoms with Crippen molar-refractivity contribution in [3.8, 4) is 5.75 Å². The van der Waals surface area contributed by atoms with Crippen molar-refractivity contribution in [2.75, 3.05) is 4.72 Å². The molecular weight excluding hydrogens is 264 g/mol. The summed E-state index contributed by atoms with van der Waals surface area (Å²) in [6.07, 6.45) is 3.50. The first-order valence-electron chi connectivity index (χ1n) is 6.46. The molecule has 106 valence electrons. The van der Waals surface area contributed by atoms with Crippen molar-refractivity contribution >= 4 is 17.0 Å². The minimum atomic E-state index is -2.11. The van der Waals surface area contributed by atoms with Gasteiger partial charge >= 0.3 is 0 Å². The van der Waals surface area contributed by atoms with Crippen LogP contribution in [0.15, 0.2) is 18.2 Å². The number of rotatable bonds is 5. The van der Waals surface area contributed by atoms with Gasteiger partial charge in [-0.1, -0.05) is 13.0 Å². The average Bonchev–Trinajstić information content (AvgIpc) is 2.74. The molecule has 1 aromatic rings. The van der Waals surface area contributed by atoms with E-state index in [9.17, 15) is 4.21 Å². The smallest absolute Gasteiger partial charge is 0.259 e. The van der Waals surface area contributed by atoms with Crippen LogP contribution in [0.4, 0.5) is 5.69 Å². The molecule has 0 amide bonds. The van der Waals surface area contributed by atoms with Crippen molar-refractivity contribution in [2.45, 2.75) is 38.8 Å². The van der Waals surface area contributed by atoms with Gasteiger partial charge < -0.3 is 10.5 Å². The Hall–Kier alpha value is -1.11. The van der Waals surface area contributed by atoms with Gasteiger partial charge in [-0.15, -0.1) is 0 Å². The predicted molar refractivity (Wildman–Crippen MR) is 76.2 cm³/mol. The molecule has 1 aliphatic rings. The zero-order chi connectivity index (χ0) is 13.8. The van der Waals surface area contributed by atoms with E-state index >= 15 is 0 Å². The third-order valence-corrected chi connectivity index (χ3v) is 3.87. The molecule has 1 saturated carbocycles. The van der Waals surface area contributed by atoms with Gasteiger partial charge in [-0.05, 0) is 37.3 Å². The summed E-state index contributed by atoms with van der Waals surface area (Å²) in [5, 5.41) is 0. The van der Waals surface area contributed by atoms with Gasteiger partial charge in [0.05, 0.1) is 11.8 Å². The van der Waals surface area contributed by atoms with Gasteiger partial charge in [-0.2, -0.15) is 0 Å². The summed E-state index contributed by atoms with van der Waals surface area (Å²) in [5.74, 6) is 1.40. The van der Waals surface area contributed by atoms with Crippen LogP contribution in [0, 0.1) is 5.92 Å². The van der Waals surface area contributed by atoms with Crippen molar-refractivity contribution in [3.05, 3.63) is 23.8 Å². The van der Waals surface area contributed by atoms with Gasteiger partial charge in [-0.3, -0.25) is 9.27 Å². The maximum atomic E-state index is 10.9. The molecule has 0 saturated heterocycles. The first-order valence-corrected chi connectivity index (χ1v) is 7.57. The standard InChI is InChI=1S/C13H20N2O3S/c1-9-5-6-10(7-9)18-13-4-2-3-12(11(13)8-14)15-19(16)17/h2-4,9-10,15H,5-8,14H2,1H3,(H,16,17). The summed E-state index contributed by atoms with van der Waals surface area (Å²) >= 11 is -2.11. The number of hydrogen-bond acceptors (Lipinski definition) is 3. The van der Waals surface area contributed by atoms with Crippen LogP contribution in [0.1, 0.15) is 31.7 Å². The Morgan fingerprint density at radius 2 is 2.32 bits per heavy atom. The Morgan fingerprint density at radius 3 is 2.89 bits per heavy atom. The fourth-order valence-electron chi connectivity index (χ4n) is 2.52. The highest BCUT2D eigenvalue weighted by atomic mass is 32.2. The lowest BCUT2D eigenvalue weighted by Gasteiger charge is -2.18. The number of nitrogens with one attached hydrogen (secondary N) is 1. The number of hydrogen-bond donors (Lipinski definition) is 3. The Bertz CT molecular complexity index is 467. The van der Waals surface area contributed by atoms with Gasteiger partial charge in [0.2, 0.25) is 0 Å². The van der Waals surface area contributed by atoms with Crippen molar-refractivity contribution in [1.29, 1.82) is 0 Å². The van der Waals surface area contributed by atoms with Crippen molar-refractivity contribution in [1.82, 2.24) is 0 Å².